The zero-order chi connectivity index (χ0) is 21.3. The van der Waals surface area contributed by atoms with Crippen molar-refractivity contribution in [2.45, 2.75) is 45.6 Å². The molecule has 1 fully saturated rings. The van der Waals surface area contributed by atoms with E-state index >= 15 is 0 Å². The van der Waals surface area contributed by atoms with Crippen molar-refractivity contribution in [3.05, 3.63) is 47.4 Å². The number of carbonyl (C=O) groups excluding carboxylic acids is 1. The number of rotatable bonds is 5. The van der Waals surface area contributed by atoms with E-state index in [2.05, 4.69) is 35.0 Å². The molecule has 0 radical (unpaired) electrons. The topological polar surface area (TPSA) is 69.0 Å². The Hall–Kier alpha value is -2.60. The molecule has 0 bridgehead atoms. The summed E-state index contributed by atoms with van der Waals surface area (Å²) in [5.41, 5.74) is 1.85. The van der Waals surface area contributed by atoms with Gasteiger partial charge in [0, 0.05) is 30.0 Å². The predicted octanol–water partition coefficient (Wildman–Crippen LogP) is 5.73. The lowest BCUT2D eigenvalue weighted by Crippen LogP contribution is -2.21. The summed E-state index contributed by atoms with van der Waals surface area (Å²) in [4.78, 5) is 16.6. The van der Waals surface area contributed by atoms with Gasteiger partial charge in [0.05, 0.1) is 34.9 Å². The van der Waals surface area contributed by atoms with Gasteiger partial charge in [-0.3, -0.25) is 14.5 Å². The molecule has 1 N–H and O–H groups in total. The van der Waals surface area contributed by atoms with E-state index in [1.165, 1.54) is 25.2 Å². The summed E-state index contributed by atoms with van der Waals surface area (Å²) in [5, 5.41) is 9.09. The maximum absolute atomic E-state index is 12.6. The Balaban J connectivity index is 1.57. The van der Waals surface area contributed by atoms with Crippen LogP contribution in [0.25, 0.3) is 10.9 Å². The van der Waals surface area contributed by atoms with Gasteiger partial charge in [-0.25, -0.2) is 0 Å². The monoisotopic (exact) mass is 426 g/mol. The summed E-state index contributed by atoms with van der Waals surface area (Å²) in [6, 6.07) is 5.79. The summed E-state index contributed by atoms with van der Waals surface area (Å²) in [7, 11) is 1.59. The number of nitrogens with one attached hydrogen (secondary N) is 1. The quantitative estimate of drug-likeness (QED) is 0.565. The number of methoxy groups -OCH3 is 1. The number of fused-ring (bicyclic) bond motifs is 1. The molecular weight excluding hydrogens is 400 g/mol. The third kappa shape index (κ3) is 4.29. The van der Waals surface area contributed by atoms with Crippen LogP contribution in [-0.2, 0) is 0 Å². The van der Waals surface area contributed by atoms with Crippen LogP contribution in [0.2, 0.25) is 5.02 Å². The number of hydrogen-bond donors (Lipinski definition) is 1. The predicted molar refractivity (Wildman–Crippen MR) is 119 cm³/mol. The van der Waals surface area contributed by atoms with Gasteiger partial charge in [-0.05, 0) is 49.7 Å². The lowest BCUT2D eigenvalue weighted by atomic mass is 9.80. The van der Waals surface area contributed by atoms with E-state index in [-0.39, 0.29) is 5.91 Å². The van der Waals surface area contributed by atoms with Crippen molar-refractivity contribution in [2.24, 2.45) is 11.8 Å². The zero-order valence-corrected chi connectivity index (χ0v) is 18.3. The first kappa shape index (κ1) is 20.7. The molecule has 1 amide bonds. The lowest BCUT2D eigenvalue weighted by molar-refractivity contribution is 0.102. The molecule has 1 aromatic carbocycles. The van der Waals surface area contributed by atoms with E-state index in [0.29, 0.717) is 28.1 Å². The summed E-state index contributed by atoms with van der Waals surface area (Å²) in [6.07, 6.45) is 9.85. The highest BCUT2D eigenvalue weighted by Crippen LogP contribution is 2.37. The van der Waals surface area contributed by atoms with Gasteiger partial charge in [-0.1, -0.05) is 25.4 Å². The summed E-state index contributed by atoms with van der Waals surface area (Å²) in [5.74, 6) is 1.84. The number of ether oxygens (including phenoxy) is 1. The molecule has 1 aliphatic rings. The first-order valence-electron chi connectivity index (χ1n) is 10.4. The molecular formula is C23H27ClN4O2. The van der Waals surface area contributed by atoms with Gasteiger partial charge in [-0.15, -0.1) is 0 Å². The van der Waals surface area contributed by atoms with Crippen LogP contribution in [0, 0.1) is 11.8 Å². The van der Waals surface area contributed by atoms with E-state index < -0.39 is 0 Å². The second-order valence-electron chi connectivity index (χ2n) is 8.38. The Labute approximate surface area is 181 Å². The highest BCUT2D eigenvalue weighted by molar-refractivity contribution is 6.30. The van der Waals surface area contributed by atoms with Crippen molar-refractivity contribution in [1.29, 1.82) is 0 Å². The van der Waals surface area contributed by atoms with Gasteiger partial charge >= 0.3 is 0 Å². The fourth-order valence-electron chi connectivity index (χ4n) is 4.29. The van der Waals surface area contributed by atoms with Crippen LogP contribution < -0.4 is 10.1 Å². The van der Waals surface area contributed by atoms with Gasteiger partial charge in [0.25, 0.3) is 5.91 Å². The van der Waals surface area contributed by atoms with E-state index in [0.717, 1.165) is 35.6 Å². The maximum Gasteiger partial charge on any atom is 0.257 e. The van der Waals surface area contributed by atoms with Gasteiger partial charge < -0.3 is 10.1 Å². The van der Waals surface area contributed by atoms with Crippen LogP contribution in [0.4, 0.5) is 5.69 Å². The van der Waals surface area contributed by atoms with E-state index in [4.69, 9.17) is 21.4 Å². The zero-order valence-electron chi connectivity index (χ0n) is 17.6. The van der Waals surface area contributed by atoms with Crippen LogP contribution in [-0.4, -0.2) is 27.8 Å². The molecule has 0 aliphatic heterocycles. The van der Waals surface area contributed by atoms with Crippen molar-refractivity contribution >= 4 is 34.1 Å². The van der Waals surface area contributed by atoms with Crippen molar-refractivity contribution < 1.29 is 9.53 Å². The average molecular weight is 427 g/mol. The number of hydrogen-bond acceptors (Lipinski definition) is 4. The Kier molecular flexibility index (Phi) is 5.95. The third-order valence-electron chi connectivity index (χ3n) is 6.12. The van der Waals surface area contributed by atoms with Crippen molar-refractivity contribution in [3.8, 4) is 5.75 Å². The molecule has 6 nitrogen and oxygen atoms in total. The van der Waals surface area contributed by atoms with Gasteiger partial charge in [0.2, 0.25) is 0 Å². The minimum absolute atomic E-state index is 0.290. The molecule has 2 aromatic heterocycles. The molecule has 1 aliphatic carbocycles. The molecule has 158 valence electrons. The highest BCUT2D eigenvalue weighted by atomic mass is 35.5. The van der Waals surface area contributed by atoms with Crippen molar-refractivity contribution in [2.75, 3.05) is 12.4 Å². The summed E-state index contributed by atoms with van der Waals surface area (Å²) in [6.45, 7) is 4.63. The molecule has 0 unspecified atom stereocenters. The van der Waals surface area contributed by atoms with Crippen LogP contribution in [0.5, 0.6) is 5.75 Å². The number of benzene rings is 1. The van der Waals surface area contributed by atoms with Gasteiger partial charge in [0.15, 0.2) is 0 Å². The highest BCUT2D eigenvalue weighted by Gasteiger charge is 2.25. The Morgan fingerprint density at radius 3 is 2.63 bits per heavy atom. The minimum Gasteiger partial charge on any atom is -0.494 e. The smallest absolute Gasteiger partial charge is 0.257 e. The van der Waals surface area contributed by atoms with Gasteiger partial charge in [-0.2, -0.15) is 5.10 Å². The van der Waals surface area contributed by atoms with Crippen LogP contribution in [0.3, 0.4) is 0 Å². The molecule has 2 heterocycles. The average Bonchev–Trinajstić information content (AvgIpc) is 3.16. The van der Waals surface area contributed by atoms with Crippen molar-refractivity contribution in [3.63, 3.8) is 0 Å². The Morgan fingerprint density at radius 1 is 1.20 bits per heavy atom. The van der Waals surface area contributed by atoms with E-state index in [9.17, 15) is 4.79 Å². The molecule has 3 aromatic rings. The fraction of sp³-hybridized carbons (Fsp3) is 0.435. The number of anilines is 1. The number of halogens is 1. The number of nitrogens with zero attached hydrogens (tertiary/aromatic N) is 3. The summed E-state index contributed by atoms with van der Waals surface area (Å²) >= 11 is 5.95. The van der Waals surface area contributed by atoms with E-state index in [1.54, 1.807) is 13.2 Å². The second-order valence-corrected chi connectivity index (χ2v) is 8.82. The number of carbonyl (C=O) groups is 1. The largest absolute Gasteiger partial charge is 0.494 e. The number of aromatic nitrogens is 3. The van der Waals surface area contributed by atoms with E-state index in [1.807, 2.05) is 12.1 Å². The standard InChI is InChI=1S/C23H27ClN4O2/c1-14(2)15-4-6-19(7-5-15)28-13-17-9-21(22(30-3)10-20(17)27-28)26-23(29)16-8-18(24)12-25-11-16/h8-15,19H,4-7H2,1-3H3,(H,26,29). The third-order valence-corrected chi connectivity index (χ3v) is 6.32. The van der Waals surface area contributed by atoms with Crippen LogP contribution in [0.15, 0.2) is 36.8 Å². The first-order chi connectivity index (χ1) is 14.4. The minimum atomic E-state index is -0.290. The molecule has 0 atom stereocenters. The van der Waals surface area contributed by atoms with Crippen molar-refractivity contribution in [1.82, 2.24) is 14.8 Å². The molecule has 7 heteroatoms. The first-order valence-corrected chi connectivity index (χ1v) is 10.8. The Morgan fingerprint density at radius 2 is 1.97 bits per heavy atom. The molecule has 4 rings (SSSR count). The Bertz CT molecular complexity index is 1050. The molecule has 30 heavy (non-hydrogen) atoms. The number of amides is 1. The van der Waals surface area contributed by atoms with Crippen LogP contribution >= 0.6 is 11.6 Å². The maximum atomic E-state index is 12.6. The molecule has 1 saturated carbocycles. The second kappa shape index (κ2) is 8.64. The summed E-state index contributed by atoms with van der Waals surface area (Å²) < 4.78 is 7.59. The molecule has 0 saturated heterocycles. The molecule has 0 spiro atoms. The normalized spacial score (nSPS) is 19.2. The fourth-order valence-corrected chi connectivity index (χ4v) is 4.46. The van der Waals surface area contributed by atoms with Gasteiger partial charge in [0.1, 0.15) is 5.75 Å². The van der Waals surface area contributed by atoms with Crippen LogP contribution in [0.1, 0.15) is 55.9 Å². The number of pyridine rings is 1. The lowest BCUT2D eigenvalue weighted by Gasteiger charge is -2.30. The SMILES string of the molecule is COc1cc2nn(C3CCC(C(C)C)CC3)cc2cc1NC(=O)c1cncc(Cl)c1.